The van der Waals surface area contributed by atoms with Gasteiger partial charge in [0.15, 0.2) is 5.76 Å². The smallest absolute Gasteiger partial charge is 0.344 e. The second-order valence-corrected chi connectivity index (χ2v) is 6.23. The maximum Gasteiger partial charge on any atom is 0.344 e. The van der Waals surface area contributed by atoms with Crippen LogP contribution in [0.4, 0.5) is 0 Å². The highest BCUT2D eigenvalue weighted by atomic mass is 35.5. The zero-order valence-electron chi connectivity index (χ0n) is 13.7. The molecule has 1 atom stereocenters. The van der Waals surface area contributed by atoms with Crippen LogP contribution in [0.15, 0.2) is 63.8 Å². The van der Waals surface area contributed by atoms with E-state index >= 15 is 0 Å². The van der Waals surface area contributed by atoms with E-state index in [1.165, 1.54) is 6.92 Å². The average molecular weight is 369 g/mol. The summed E-state index contributed by atoms with van der Waals surface area (Å²) in [5.41, 5.74) is 1.54. The first-order chi connectivity index (χ1) is 12.5. The zero-order valence-corrected chi connectivity index (χ0v) is 14.4. The summed E-state index contributed by atoms with van der Waals surface area (Å²) in [6, 6.07) is 15.7. The van der Waals surface area contributed by atoms with Gasteiger partial charge in [0.25, 0.3) is 6.29 Å². The number of hydrogen-bond donors (Lipinski definition) is 0. The van der Waals surface area contributed by atoms with Gasteiger partial charge in [0, 0.05) is 11.9 Å². The van der Waals surface area contributed by atoms with E-state index in [0.717, 1.165) is 0 Å². The molecule has 0 fully saturated rings. The summed E-state index contributed by atoms with van der Waals surface area (Å²) in [5, 5.41) is 0.471. The Morgan fingerprint density at radius 3 is 2.58 bits per heavy atom. The molecule has 6 heteroatoms. The minimum absolute atomic E-state index is 0.282. The van der Waals surface area contributed by atoms with Crippen molar-refractivity contribution in [2.24, 2.45) is 0 Å². The highest BCUT2D eigenvalue weighted by molar-refractivity contribution is 6.31. The van der Waals surface area contributed by atoms with Crippen molar-refractivity contribution >= 4 is 17.6 Å². The summed E-state index contributed by atoms with van der Waals surface area (Å²) in [6.07, 6.45) is -1.01. The SMILES string of the molecule is CC(=O)O[C@H]1Oc2ccc(Cl)cc2-c2oc(=O)c(-c3ccccc3)cc21. The number of halogens is 1. The molecule has 0 saturated carbocycles. The van der Waals surface area contributed by atoms with Crippen LogP contribution < -0.4 is 10.4 Å². The predicted octanol–water partition coefficient (Wildman–Crippen LogP) is 4.58. The van der Waals surface area contributed by atoms with Gasteiger partial charge in [-0.05, 0) is 29.8 Å². The monoisotopic (exact) mass is 368 g/mol. The van der Waals surface area contributed by atoms with Crippen LogP contribution in [0.2, 0.25) is 5.02 Å². The van der Waals surface area contributed by atoms with Gasteiger partial charge in [0.05, 0.1) is 16.7 Å². The van der Waals surface area contributed by atoms with Gasteiger partial charge in [-0.15, -0.1) is 0 Å². The van der Waals surface area contributed by atoms with E-state index in [-0.39, 0.29) is 5.76 Å². The van der Waals surface area contributed by atoms with E-state index in [4.69, 9.17) is 25.5 Å². The third-order valence-electron chi connectivity index (χ3n) is 4.01. The molecule has 0 N–H and O–H groups in total. The summed E-state index contributed by atoms with van der Waals surface area (Å²) in [6.45, 7) is 1.29. The van der Waals surface area contributed by atoms with Crippen LogP contribution in [-0.4, -0.2) is 5.97 Å². The van der Waals surface area contributed by atoms with E-state index in [0.29, 0.717) is 33.0 Å². The summed E-state index contributed by atoms with van der Waals surface area (Å²) < 4.78 is 16.7. The van der Waals surface area contributed by atoms with Crippen LogP contribution in [0.5, 0.6) is 5.75 Å². The highest BCUT2D eigenvalue weighted by Gasteiger charge is 2.32. The van der Waals surface area contributed by atoms with Gasteiger partial charge in [0.1, 0.15) is 5.75 Å². The fourth-order valence-corrected chi connectivity index (χ4v) is 3.06. The molecule has 0 saturated heterocycles. The van der Waals surface area contributed by atoms with Gasteiger partial charge in [0.2, 0.25) is 0 Å². The normalized spacial score (nSPS) is 14.8. The first-order valence-corrected chi connectivity index (χ1v) is 8.28. The van der Waals surface area contributed by atoms with Gasteiger partial charge in [-0.3, -0.25) is 4.79 Å². The molecule has 0 bridgehead atoms. The van der Waals surface area contributed by atoms with Crippen LogP contribution in [-0.2, 0) is 9.53 Å². The van der Waals surface area contributed by atoms with Crippen LogP contribution >= 0.6 is 11.6 Å². The minimum atomic E-state index is -1.01. The Hall–Kier alpha value is -3.05. The van der Waals surface area contributed by atoms with Crippen molar-refractivity contribution in [1.82, 2.24) is 0 Å². The number of carbonyl (C=O) groups excluding carboxylic acids is 1. The standard InChI is InChI=1S/C20H13ClO5/c1-11(22)24-20-16-10-14(12-5-3-2-4-6-12)19(23)26-18(16)15-9-13(21)7-8-17(15)25-20/h2-10,20H,1H3/t20-/m0/s1. The molecule has 0 amide bonds. The molecule has 1 aliphatic rings. The quantitative estimate of drug-likeness (QED) is 0.619. The van der Waals surface area contributed by atoms with Gasteiger partial charge in [-0.1, -0.05) is 41.9 Å². The Labute approximate surface area is 153 Å². The molecule has 26 heavy (non-hydrogen) atoms. The topological polar surface area (TPSA) is 65.7 Å². The van der Waals surface area contributed by atoms with Gasteiger partial charge < -0.3 is 13.9 Å². The minimum Gasteiger partial charge on any atom is -0.450 e. The van der Waals surface area contributed by atoms with E-state index < -0.39 is 17.9 Å². The molecule has 0 unspecified atom stereocenters. The molecule has 1 aliphatic heterocycles. The Morgan fingerprint density at radius 1 is 1.08 bits per heavy atom. The van der Waals surface area contributed by atoms with Crippen molar-refractivity contribution in [3.63, 3.8) is 0 Å². The Kier molecular flexibility index (Phi) is 4.01. The third kappa shape index (κ3) is 2.86. The lowest BCUT2D eigenvalue weighted by molar-refractivity contribution is -0.162. The third-order valence-corrected chi connectivity index (χ3v) is 4.24. The summed E-state index contributed by atoms with van der Waals surface area (Å²) in [7, 11) is 0. The van der Waals surface area contributed by atoms with Crippen LogP contribution in [0, 0.1) is 0 Å². The van der Waals surface area contributed by atoms with E-state index in [1.807, 2.05) is 18.2 Å². The van der Waals surface area contributed by atoms with Crippen LogP contribution in [0.1, 0.15) is 18.8 Å². The zero-order chi connectivity index (χ0) is 18.3. The largest absolute Gasteiger partial charge is 0.450 e. The van der Waals surface area contributed by atoms with Crippen LogP contribution in [0.3, 0.4) is 0 Å². The fourth-order valence-electron chi connectivity index (χ4n) is 2.89. The summed E-state index contributed by atoms with van der Waals surface area (Å²) in [4.78, 5) is 24.1. The molecule has 5 nitrogen and oxygen atoms in total. The lowest BCUT2D eigenvalue weighted by Crippen LogP contribution is -2.21. The molecule has 3 aromatic rings. The lowest BCUT2D eigenvalue weighted by Gasteiger charge is -2.27. The molecule has 4 rings (SSSR count). The maximum atomic E-state index is 12.6. The number of esters is 1. The van der Waals surface area contributed by atoms with Crippen molar-refractivity contribution in [2.75, 3.05) is 0 Å². The number of benzene rings is 2. The van der Waals surface area contributed by atoms with Gasteiger partial charge in [-0.2, -0.15) is 0 Å². The Morgan fingerprint density at radius 2 is 1.85 bits per heavy atom. The van der Waals surface area contributed by atoms with Gasteiger partial charge in [-0.25, -0.2) is 4.79 Å². The van der Waals surface area contributed by atoms with Gasteiger partial charge >= 0.3 is 11.6 Å². The molecule has 2 heterocycles. The lowest BCUT2D eigenvalue weighted by atomic mass is 9.99. The van der Waals surface area contributed by atoms with Crippen molar-refractivity contribution in [2.45, 2.75) is 13.2 Å². The van der Waals surface area contributed by atoms with Crippen molar-refractivity contribution in [3.8, 4) is 28.2 Å². The second kappa shape index (κ2) is 6.35. The second-order valence-electron chi connectivity index (χ2n) is 5.80. The van der Waals surface area contributed by atoms with E-state index in [1.54, 1.807) is 36.4 Å². The predicted molar refractivity (Wildman–Crippen MR) is 96.0 cm³/mol. The molecule has 0 spiro atoms. The highest BCUT2D eigenvalue weighted by Crippen LogP contribution is 2.44. The molecule has 130 valence electrons. The first kappa shape index (κ1) is 16.4. The molecular weight excluding hydrogens is 356 g/mol. The first-order valence-electron chi connectivity index (χ1n) is 7.90. The maximum absolute atomic E-state index is 12.6. The number of carbonyl (C=O) groups is 1. The van der Waals surface area contributed by atoms with Crippen molar-refractivity contribution in [1.29, 1.82) is 0 Å². The van der Waals surface area contributed by atoms with E-state index in [2.05, 4.69) is 0 Å². The van der Waals surface area contributed by atoms with Crippen molar-refractivity contribution in [3.05, 3.63) is 75.6 Å². The molecular formula is C20H13ClO5. The Bertz CT molecular complexity index is 1060. The molecule has 2 aromatic carbocycles. The Balaban J connectivity index is 1.95. The number of fused-ring (bicyclic) bond motifs is 3. The fraction of sp³-hybridized carbons (Fsp3) is 0.100. The number of rotatable bonds is 2. The molecule has 1 aromatic heterocycles. The van der Waals surface area contributed by atoms with E-state index in [9.17, 15) is 9.59 Å². The molecule has 0 radical (unpaired) electrons. The summed E-state index contributed by atoms with van der Waals surface area (Å²) in [5.74, 6) is 0.194. The van der Waals surface area contributed by atoms with Crippen molar-refractivity contribution < 1.29 is 18.7 Å². The average Bonchev–Trinajstić information content (AvgIpc) is 2.62. The molecule has 0 aliphatic carbocycles. The number of hydrogen-bond acceptors (Lipinski definition) is 5. The van der Waals surface area contributed by atoms with Crippen LogP contribution in [0.25, 0.3) is 22.5 Å². The summed E-state index contributed by atoms with van der Waals surface area (Å²) >= 11 is 6.07. The number of ether oxygens (including phenoxy) is 2.